The molecule has 0 aliphatic heterocycles. The van der Waals surface area contributed by atoms with Gasteiger partial charge in [-0.05, 0) is 12.8 Å². The van der Waals surface area contributed by atoms with Crippen molar-refractivity contribution in [3.8, 4) is 0 Å². The van der Waals surface area contributed by atoms with Crippen molar-refractivity contribution < 1.29 is 5.48 Å². The third-order valence-electron chi connectivity index (χ3n) is 0.604. The first-order valence-electron chi connectivity index (χ1n) is 1.56. The maximum absolute atomic E-state index is 3.67. The van der Waals surface area contributed by atoms with Gasteiger partial charge < -0.3 is 5.48 Å². The molecule has 6 heavy (non-hydrogen) atoms. The second-order valence-corrected chi connectivity index (χ2v) is 1.25. The minimum absolute atomic E-state index is 0. The van der Waals surface area contributed by atoms with Crippen LogP contribution in [0.1, 0.15) is 20.3 Å². The molecular weight excluding hydrogens is 76.1 g/mol. The molecule has 0 amide bonds. The molecule has 1 heteroatoms. The van der Waals surface area contributed by atoms with Crippen molar-refractivity contribution in [2.45, 2.75) is 20.3 Å². The Bertz CT molecular complexity index is 41.9. The van der Waals surface area contributed by atoms with E-state index >= 15 is 0 Å². The van der Waals surface area contributed by atoms with Gasteiger partial charge in [0.05, 0.1) is 0 Å². The lowest BCUT2D eigenvalue weighted by molar-refractivity contribution is 0.824. The zero-order valence-corrected chi connectivity index (χ0v) is 3.12. The van der Waals surface area contributed by atoms with Crippen LogP contribution in [0, 0.1) is 0 Å². The fourth-order valence-corrected chi connectivity index (χ4v) is 0.0884. The summed E-state index contributed by atoms with van der Waals surface area (Å²) < 4.78 is 0. The van der Waals surface area contributed by atoms with Gasteiger partial charge in [-0.2, -0.15) is 0 Å². The largest absolute Gasteiger partial charge is 0.412 e. The molecule has 1 nitrogen and oxygen atoms in total. The van der Waals surface area contributed by atoms with Gasteiger partial charge in [0, 0.05) is 0 Å². The monoisotopic (exact) mass is 88.1 g/mol. The summed E-state index contributed by atoms with van der Waals surface area (Å²) in [6, 6.07) is 0. The number of hydrogen-bond acceptors (Lipinski definition) is 0. The second kappa shape index (κ2) is 2.91. The van der Waals surface area contributed by atoms with Crippen LogP contribution < -0.4 is 0 Å². The Hall–Kier alpha value is -0.300. The molecule has 0 unspecified atom stereocenters. The van der Waals surface area contributed by atoms with E-state index in [1.54, 1.807) is 0 Å². The molecule has 0 saturated heterocycles. The van der Waals surface area contributed by atoms with Gasteiger partial charge >= 0.3 is 0 Å². The van der Waals surface area contributed by atoms with E-state index in [-0.39, 0.29) is 12.9 Å². The van der Waals surface area contributed by atoms with Gasteiger partial charge in [-0.25, -0.2) is 0 Å². The Morgan fingerprint density at radius 1 is 1.33 bits per heavy atom. The average molecular weight is 88.2 g/mol. The normalized spacial score (nSPS) is 14.3. The highest BCUT2D eigenvalue weighted by Gasteiger charge is 2.04. The maximum Gasteiger partial charge on any atom is -0.0286 e. The summed E-state index contributed by atoms with van der Waals surface area (Å²) in [4.78, 5) is 0. The summed E-state index contributed by atoms with van der Waals surface area (Å²) in [5.74, 6) is 0. The van der Waals surface area contributed by atoms with Crippen molar-refractivity contribution >= 4 is 0 Å². The molecule has 38 valence electrons. The Morgan fingerprint density at radius 2 is 1.50 bits per heavy atom. The van der Waals surface area contributed by atoms with E-state index in [9.17, 15) is 0 Å². The van der Waals surface area contributed by atoms with E-state index in [0.29, 0.717) is 0 Å². The van der Waals surface area contributed by atoms with Gasteiger partial charge in [-0.15, -0.1) is 0 Å². The first-order valence-corrected chi connectivity index (χ1v) is 1.56. The highest BCUT2D eigenvalue weighted by atomic mass is 16.0. The van der Waals surface area contributed by atoms with Crippen LogP contribution in [0.15, 0.2) is 12.2 Å². The van der Waals surface area contributed by atoms with E-state index in [2.05, 4.69) is 6.58 Å². The number of rotatable bonds is 0. The van der Waals surface area contributed by atoms with Gasteiger partial charge in [0.25, 0.3) is 0 Å². The zero-order valence-electron chi connectivity index (χ0n) is 3.12. The van der Waals surface area contributed by atoms with Crippen molar-refractivity contribution in [3.05, 3.63) is 12.2 Å². The van der Waals surface area contributed by atoms with E-state index in [4.69, 9.17) is 0 Å². The van der Waals surface area contributed by atoms with Crippen molar-refractivity contribution in [1.82, 2.24) is 0 Å². The van der Waals surface area contributed by atoms with Gasteiger partial charge in [0.2, 0.25) is 0 Å². The highest BCUT2D eigenvalue weighted by Crippen LogP contribution is 2.23. The molecule has 1 aliphatic rings. The molecule has 1 saturated carbocycles. The molecule has 0 aromatic heterocycles. The molecule has 0 bridgehead atoms. The summed E-state index contributed by atoms with van der Waals surface area (Å²) >= 11 is 0. The van der Waals surface area contributed by atoms with Crippen molar-refractivity contribution in [1.29, 1.82) is 0 Å². The van der Waals surface area contributed by atoms with Gasteiger partial charge in [-0.3, -0.25) is 0 Å². The smallest absolute Gasteiger partial charge is 0.0286 e. The molecule has 0 aromatic carbocycles. The SMILES string of the molecule is C.C=C1CC1.O. The molecule has 0 aromatic rings. The standard InChI is InChI=1S/C4H6.CH4.H2O/c1-4-2-3-4;;/h1-3H2;1H4;1H2. The molecule has 1 fully saturated rings. The molecule has 1 aliphatic carbocycles. The first kappa shape index (κ1) is 9.20. The van der Waals surface area contributed by atoms with Crippen LogP contribution in [0.25, 0.3) is 0 Å². The maximum atomic E-state index is 3.67. The van der Waals surface area contributed by atoms with E-state index < -0.39 is 0 Å². The topological polar surface area (TPSA) is 31.5 Å². The highest BCUT2D eigenvalue weighted by molar-refractivity contribution is 5.09. The summed E-state index contributed by atoms with van der Waals surface area (Å²) in [6.07, 6.45) is 2.58. The van der Waals surface area contributed by atoms with Crippen LogP contribution in [0.5, 0.6) is 0 Å². The van der Waals surface area contributed by atoms with Crippen LogP contribution in [0.4, 0.5) is 0 Å². The third-order valence-corrected chi connectivity index (χ3v) is 0.604. The van der Waals surface area contributed by atoms with Gasteiger partial charge in [0.1, 0.15) is 0 Å². The van der Waals surface area contributed by atoms with Crippen LogP contribution in [0.2, 0.25) is 0 Å². The van der Waals surface area contributed by atoms with Crippen LogP contribution in [-0.2, 0) is 0 Å². The van der Waals surface area contributed by atoms with Gasteiger partial charge in [-0.1, -0.05) is 19.6 Å². The molecule has 0 spiro atoms. The Kier molecular flexibility index (Phi) is 4.46. The fraction of sp³-hybridized carbons (Fsp3) is 0.600. The van der Waals surface area contributed by atoms with Gasteiger partial charge in [0.15, 0.2) is 0 Å². The van der Waals surface area contributed by atoms with E-state index in [1.807, 2.05) is 0 Å². The summed E-state index contributed by atoms with van der Waals surface area (Å²) in [5, 5.41) is 0. The Labute approximate surface area is 39.0 Å². The molecule has 1 rings (SSSR count). The fourth-order valence-electron chi connectivity index (χ4n) is 0.0884. The molecule has 0 radical (unpaired) electrons. The molecule has 0 heterocycles. The lowest BCUT2D eigenvalue weighted by atomic mass is 10.7. The predicted octanol–water partition coefficient (Wildman–Crippen LogP) is 1.15. The summed E-state index contributed by atoms with van der Waals surface area (Å²) in [6.45, 7) is 3.67. The van der Waals surface area contributed by atoms with Crippen LogP contribution >= 0.6 is 0 Å². The lowest BCUT2D eigenvalue weighted by Crippen LogP contribution is -1.12. The quantitative estimate of drug-likeness (QED) is 0.398. The second-order valence-electron chi connectivity index (χ2n) is 1.25. The number of hydrogen-bond donors (Lipinski definition) is 0. The summed E-state index contributed by atoms with van der Waals surface area (Å²) in [5.41, 5.74) is 1.42. The molecule has 2 N–H and O–H groups in total. The first-order chi connectivity index (χ1) is 1.89. The Balaban J connectivity index is 0. The minimum Gasteiger partial charge on any atom is -0.412 e. The molecular formula is C5H12O. The van der Waals surface area contributed by atoms with Crippen LogP contribution in [-0.4, -0.2) is 5.48 Å². The summed E-state index contributed by atoms with van der Waals surface area (Å²) in [7, 11) is 0. The average Bonchev–Trinajstić information content (AvgIpc) is 1.75. The third kappa shape index (κ3) is 3.70. The Morgan fingerprint density at radius 3 is 1.50 bits per heavy atom. The van der Waals surface area contributed by atoms with Crippen LogP contribution in [0.3, 0.4) is 0 Å². The van der Waals surface area contributed by atoms with Crippen molar-refractivity contribution in [3.63, 3.8) is 0 Å². The van der Waals surface area contributed by atoms with Crippen molar-refractivity contribution in [2.24, 2.45) is 0 Å². The van der Waals surface area contributed by atoms with E-state index in [1.165, 1.54) is 18.4 Å². The number of allylic oxidation sites excluding steroid dienone is 1. The minimum atomic E-state index is 0. The van der Waals surface area contributed by atoms with E-state index in [0.717, 1.165) is 0 Å². The zero-order chi connectivity index (χ0) is 2.99. The van der Waals surface area contributed by atoms with Crippen molar-refractivity contribution in [2.75, 3.05) is 0 Å². The predicted molar refractivity (Wildman–Crippen MR) is 28.7 cm³/mol. The molecule has 0 atom stereocenters. The lowest BCUT2D eigenvalue weighted by Gasteiger charge is -1.34.